The number of carbonyl (C=O) groups excluding carboxylic acids is 1. The van der Waals surface area contributed by atoms with Crippen LogP contribution in [0.5, 0.6) is 0 Å². The Morgan fingerprint density at radius 3 is 2.00 bits per heavy atom. The highest BCUT2D eigenvalue weighted by Crippen LogP contribution is 2.19. The van der Waals surface area contributed by atoms with Gasteiger partial charge in [-0.25, -0.2) is 4.79 Å². The van der Waals surface area contributed by atoms with Crippen molar-refractivity contribution < 1.29 is 14.7 Å². The minimum atomic E-state index is -0.757. The Bertz CT molecular complexity index is 319. The Hall–Kier alpha value is -1.26. The molecule has 2 unspecified atom stereocenters. The highest BCUT2D eigenvalue weighted by molar-refractivity contribution is 5.75. The number of rotatable bonds is 10. The largest absolute Gasteiger partial charge is 0.481 e. The van der Waals surface area contributed by atoms with Crippen LogP contribution in [0.2, 0.25) is 0 Å². The van der Waals surface area contributed by atoms with E-state index in [4.69, 9.17) is 5.11 Å². The zero-order valence-corrected chi connectivity index (χ0v) is 14.2. The Kier molecular flexibility index (Phi) is 9.06. The summed E-state index contributed by atoms with van der Waals surface area (Å²) in [5.74, 6) is -1.08. The molecule has 0 aromatic heterocycles. The van der Waals surface area contributed by atoms with Gasteiger partial charge in [0.2, 0.25) is 0 Å². The Morgan fingerprint density at radius 2 is 1.57 bits per heavy atom. The standard InChI is InChI=1S/C16H32N2O3/c1-6-16(7-2,8-3)18-15(21)17-13(5)11-9-10-12(4)14(19)20/h12-13H,6-11H2,1-5H3,(H,19,20)(H2,17,18,21). The van der Waals surface area contributed by atoms with Gasteiger partial charge in [0.1, 0.15) is 0 Å². The zero-order chi connectivity index (χ0) is 16.5. The van der Waals surface area contributed by atoms with E-state index in [-0.39, 0.29) is 23.5 Å². The van der Waals surface area contributed by atoms with Crippen LogP contribution in [0.3, 0.4) is 0 Å². The number of hydrogen-bond donors (Lipinski definition) is 3. The zero-order valence-electron chi connectivity index (χ0n) is 14.2. The van der Waals surface area contributed by atoms with E-state index in [9.17, 15) is 9.59 Å². The molecular formula is C16H32N2O3. The molecule has 5 nitrogen and oxygen atoms in total. The molecule has 0 spiro atoms. The molecule has 5 heteroatoms. The SMILES string of the molecule is CCC(CC)(CC)NC(=O)NC(C)CCCC(C)C(=O)O. The third-order valence-corrected chi connectivity index (χ3v) is 4.48. The van der Waals surface area contributed by atoms with Crippen molar-refractivity contribution in [1.82, 2.24) is 10.6 Å². The van der Waals surface area contributed by atoms with Crippen molar-refractivity contribution in [3.05, 3.63) is 0 Å². The fraction of sp³-hybridized carbons (Fsp3) is 0.875. The number of carboxylic acid groups (broad SMARTS) is 1. The van der Waals surface area contributed by atoms with Gasteiger partial charge in [0, 0.05) is 11.6 Å². The van der Waals surface area contributed by atoms with E-state index in [1.165, 1.54) is 0 Å². The van der Waals surface area contributed by atoms with Gasteiger partial charge < -0.3 is 15.7 Å². The molecule has 2 amide bonds. The third-order valence-electron chi connectivity index (χ3n) is 4.48. The maximum Gasteiger partial charge on any atom is 0.315 e. The van der Waals surface area contributed by atoms with Crippen LogP contribution < -0.4 is 10.6 Å². The number of hydrogen-bond acceptors (Lipinski definition) is 2. The highest BCUT2D eigenvalue weighted by atomic mass is 16.4. The fourth-order valence-electron chi connectivity index (χ4n) is 2.44. The molecule has 0 saturated heterocycles. The normalized spacial score (nSPS) is 14.3. The van der Waals surface area contributed by atoms with Crippen LogP contribution in [0.4, 0.5) is 4.79 Å². The van der Waals surface area contributed by atoms with Crippen molar-refractivity contribution in [3.63, 3.8) is 0 Å². The van der Waals surface area contributed by atoms with Crippen LogP contribution in [0.1, 0.15) is 73.1 Å². The smallest absolute Gasteiger partial charge is 0.315 e. The molecular weight excluding hydrogens is 268 g/mol. The second-order valence-electron chi connectivity index (χ2n) is 6.01. The van der Waals surface area contributed by atoms with Crippen LogP contribution in [0.25, 0.3) is 0 Å². The van der Waals surface area contributed by atoms with Gasteiger partial charge in [0.05, 0.1) is 5.92 Å². The summed E-state index contributed by atoms with van der Waals surface area (Å²) in [4.78, 5) is 22.8. The predicted octanol–water partition coefficient (Wildman–Crippen LogP) is 3.53. The summed E-state index contributed by atoms with van der Waals surface area (Å²) < 4.78 is 0. The second kappa shape index (κ2) is 9.64. The molecule has 0 aliphatic heterocycles. The lowest BCUT2D eigenvalue weighted by atomic mass is 9.90. The maximum absolute atomic E-state index is 12.0. The van der Waals surface area contributed by atoms with Crippen molar-refractivity contribution in [3.8, 4) is 0 Å². The summed E-state index contributed by atoms with van der Waals surface area (Å²) in [7, 11) is 0. The van der Waals surface area contributed by atoms with Crippen molar-refractivity contribution >= 4 is 12.0 Å². The molecule has 0 aliphatic carbocycles. The van der Waals surface area contributed by atoms with Crippen LogP contribution in [-0.2, 0) is 4.79 Å². The van der Waals surface area contributed by atoms with E-state index >= 15 is 0 Å². The van der Waals surface area contributed by atoms with Crippen molar-refractivity contribution in [2.45, 2.75) is 84.7 Å². The highest BCUT2D eigenvalue weighted by Gasteiger charge is 2.26. The number of carboxylic acids is 1. The van der Waals surface area contributed by atoms with Crippen molar-refractivity contribution in [1.29, 1.82) is 0 Å². The molecule has 0 radical (unpaired) electrons. The quantitative estimate of drug-likeness (QED) is 0.577. The summed E-state index contributed by atoms with van der Waals surface area (Å²) in [5.41, 5.74) is -0.123. The van der Waals surface area contributed by atoms with Crippen LogP contribution in [0.15, 0.2) is 0 Å². The lowest BCUT2D eigenvalue weighted by molar-refractivity contribution is -0.141. The van der Waals surface area contributed by atoms with Crippen LogP contribution in [0, 0.1) is 5.92 Å². The van der Waals surface area contributed by atoms with Crippen LogP contribution >= 0.6 is 0 Å². The van der Waals surface area contributed by atoms with Gasteiger partial charge in [0.15, 0.2) is 0 Å². The number of nitrogens with one attached hydrogen (secondary N) is 2. The molecule has 0 fully saturated rings. The summed E-state index contributed by atoms with van der Waals surface area (Å²) in [6, 6.07) is -0.0754. The summed E-state index contributed by atoms with van der Waals surface area (Å²) >= 11 is 0. The van der Waals surface area contributed by atoms with E-state index in [1.54, 1.807) is 6.92 Å². The Labute approximate surface area is 128 Å². The summed E-state index contributed by atoms with van der Waals surface area (Å²) in [5, 5.41) is 14.8. The van der Waals surface area contributed by atoms with E-state index in [0.717, 1.165) is 32.1 Å². The maximum atomic E-state index is 12.0. The number of amides is 2. The Morgan fingerprint density at radius 1 is 1.05 bits per heavy atom. The molecule has 0 aromatic rings. The van der Waals surface area contributed by atoms with Crippen molar-refractivity contribution in [2.24, 2.45) is 5.92 Å². The summed E-state index contributed by atoms with van der Waals surface area (Å²) in [6.07, 6.45) is 4.98. The number of aliphatic carboxylic acids is 1. The van der Waals surface area contributed by atoms with E-state index in [0.29, 0.717) is 6.42 Å². The predicted molar refractivity (Wildman–Crippen MR) is 85.4 cm³/mol. The van der Waals surface area contributed by atoms with Crippen molar-refractivity contribution in [2.75, 3.05) is 0 Å². The second-order valence-corrected chi connectivity index (χ2v) is 6.01. The molecule has 0 rings (SSSR count). The number of urea groups is 1. The minimum absolute atomic E-state index is 0.0502. The third kappa shape index (κ3) is 7.34. The first-order chi connectivity index (χ1) is 9.80. The van der Waals surface area contributed by atoms with Gasteiger partial charge in [-0.3, -0.25) is 4.79 Å². The van der Waals surface area contributed by atoms with Gasteiger partial charge in [-0.1, -0.05) is 34.1 Å². The summed E-state index contributed by atoms with van der Waals surface area (Å²) in [6.45, 7) is 9.93. The van der Waals surface area contributed by atoms with Gasteiger partial charge >= 0.3 is 12.0 Å². The van der Waals surface area contributed by atoms with E-state index in [2.05, 4.69) is 31.4 Å². The first kappa shape index (κ1) is 19.7. The molecule has 3 N–H and O–H groups in total. The molecule has 0 saturated carbocycles. The molecule has 21 heavy (non-hydrogen) atoms. The Balaban J connectivity index is 4.12. The van der Waals surface area contributed by atoms with E-state index < -0.39 is 5.97 Å². The lowest BCUT2D eigenvalue weighted by Gasteiger charge is -2.32. The average Bonchev–Trinajstić information content (AvgIpc) is 2.44. The first-order valence-electron chi connectivity index (χ1n) is 8.11. The molecule has 0 aromatic carbocycles. The van der Waals surface area contributed by atoms with Gasteiger partial charge in [-0.15, -0.1) is 0 Å². The van der Waals surface area contributed by atoms with E-state index in [1.807, 2.05) is 6.92 Å². The topological polar surface area (TPSA) is 78.4 Å². The van der Waals surface area contributed by atoms with Gasteiger partial charge in [0.25, 0.3) is 0 Å². The molecule has 2 atom stereocenters. The first-order valence-corrected chi connectivity index (χ1v) is 8.11. The molecule has 0 aliphatic rings. The molecule has 0 bridgehead atoms. The monoisotopic (exact) mass is 300 g/mol. The fourth-order valence-corrected chi connectivity index (χ4v) is 2.44. The minimum Gasteiger partial charge on any atom is -0.481 e. The molecule has 0 heterocycles. The lowest BCUT2D eigenvalue weighted by Crippen LogP contribution is -2.52. The van der Waals surface area contributed by atoms with Crippen LogP contribution in [-0.4, -0.2) is 28.7 Å². The van der Waals surface area contributed by atoms with Gasteiger partial charge in [-0.2, -0.15) is 0 Å². The molecule has 124 valence electrons. The number of carbonyl (C=O) groups is 2. The average molecular weight is 300 g/mol. The van der Waals surface area contributed by atoms with Gasteiger partial charge in [-0.05, 0) is 39.0 Å².